The van der Waals surface area contributed by atoms with E-state index in [1.807, 2.05) is 12.1 Å². The molecule has 0 unspecified atom stereocenters. The van der Waals surface area contributed by atoms with Crippen molar-refractivity contribution in [3.8, 4) is 17.2 Å². The summed E-state index contributed by atoms with van der Waals surface area (Å²) in [5.74, 6) is 0.148. The second-order valence-corrected chi connectivity index (χ2v) is 11.9. The monoisotopic (exact) mass is 612 g/mol. The Kier molecular flexibility index (Phi) is 7.42. The van der Waals surface area contributed by atoms with Gasteiger partial charge in [0, 0.05) is 38.7 Å². The van der Waals surface area contributed by atoms with Crippen molar-refractivity contribution in [2.24, 2.45) is 0 Å². The fourth-order valence-electron chi connectivity index (χ4n) is 8.23. The third-order valence-electron chi connectivity index (χ3n) is 9.75. The maximum atomic E-state index is 13.6. The van der Waals surface area contributed by atoms with Crippen LogP contribution in [-0.2, 0) is 26.2 Å². The average Bonchev–Trinajstić information content (AvgIpc) is 3.31. The summed E-state index contributed by atoms with van der Waals surface area (Å²) >= 11 is 0. The number of esters is 1. The number of amides is 1. The summed E-state index contributed by atoms with van der Waals surface area (Å²) < 4.78 is 61.1. The largest absolute Gasteiger partial charge is 0.573 e. The maximum Gasteiger partial charge on any atom is 0.573 e. The standard InChI is InChI=1S/C33H35F3N2O6/c1-5-16-38-17-15-31-28-22-10-11-25(41-4)29(28)42-30(31)24(13-14-32(31,26(38)19-22)43-20(2)39)37(3)27(40)12-9-21-7-6-8-23(18-21)44-33(34,35)36/h5-12,18,24,26,30H,1,13-17,19H2,2-4H3/t24-,26+,30-,31-,32+/m0/s1. The molecule has 2 fully saturated rings. The molecule has 2 aliphatic carbocycles. The number of carbonyl (C=O) groups excluding carboxylic acids is 2. The predicted molar refractivity (Wildman–Crippen MR) is 155 cm³/mol. The quantitative estimate of drug-likeness (QED) is 0.235. The molecule has 8 nitrogen and oxygen atoms in total. The number of hydrogen-bond acceptors (Lipinski definition) is 7. The minimum absolute atomic E-state index is 0.107. The van der Waals surface area contributed by atoms with E-state index in [2.05, 4.69) is 22.3 Å². The van der Waals surface area contributed by atoms with Gasteiger partial charge in [0.15, 0.2) is 11.5 Å². The Morgan fingerprint density at radius 2 is 2.02 bits per heavy atom. The van der Waals surface area contributed by atoms with E-state index in [1.165, 1.54) is 37.3 Å². The summed E-state index contributed by atoms with van der Waals surface area (Å²) in [4.78, 5) is 30.3. The molecular formula is C33H35F3N2O6. The molecule has 1 saturated carbocycles. The molecule has 2 aromatic carbocycles. The number of likely N-dealkylation sites (tertiary alicyclic amines) is 1. The normalized spacial score (nSPS) is 28.5. The van der Waals surface area contributed by atoms with Gasteiger partial charge in [-0.1, -0.05) is 24.3 Å². The Labute approximate surface area is 254 Å². The molecule has 1 saturated heterocycles. The van der Waals surface area contributed by atoms with Crippen LogP contribution < -0.4 is 14.2 Å². The molecule has 2 bridgehead atoms. The van der Waals surface area contributed by atoms with E-state index < -0.39 is 23.5 Å². The highest BCUT2D eigenvalue weighted by molar-refractivity contribution is 5.92. The third kappa shape index (κ3) is 4.63. The SMILES string of the molecule is C=CCN1CC[C@]23c4c5ccc(OC)c4O[C@H]2[C@@H](N(C)C(=O)C=Cc2cccc(OC(F)(F)F)c2)CC[C@@]3(OC(C)=O)[C@H]1C5. The van der Waals surface area contributed by atoms with Gasteiger partial charge in [-0.05, 0) is 61.1 Å². The molecule has 0 N–H and O–H groups in total. The summed E-state index contributed by atoms with van der Waals surface area (Å²) in [6.45, 7) is 6.77. The first kappa shape index (κ1) is 30.1. The molecule has 2 aliphatic heterocycles. The Balaban J connectivity index is 1.37. The molecule has 11 heteroatoms. The number of likely N-dealkylation sites (N-methyl/N-ethyl adjacent to an activating group) is 1. The van der Waals surface area contributed by atoms with E-state index in [9.17, 15) is 22.8 Å². The van der Waals surface area contributed by atoms with E-state index >= 15 is 0 Å². The van der Waals surface area contributed by atoms with Crippen molar-refractivity contribution in [1.29, 1.82) is 0 Å². The van der Waals surface area contributed by atoms with Gasteiger partial charge in [-0.25, -0.2) is 0 Å². The lowest BCUT2D eigenvalue weighted by Gasteiger charge is -2.65. The zero-order valence-corrected chi connectivity index (χ0v) is 24.9. The van der Waals surface area contributed by atoms with Crippen molar-refractivity contribution in [3.63, 3.8) is 0 Å². The van der Waals surface area contributed by atoms with Crippen LogP contribution in [0.25, 0.3) is 6.08 Å². The van der Waals surface area contributed by atoms with Crippen LogP contribution >= 0.6 is 0 Å². The van der Waals surface area contributed by atoms with Crippen LogP contribution in [0.15, 0.2) is 55.1 Å². The highest BCUT2D eigenvalue weighted by Crippen LogP contribution is 2.67. The molecule has 2 heterocycles. The van der Waals surface area contributed by atoms with E-state index in [4.69, 9.17) is 14.2 Å². The number of halogens is 3. The van der Waals surface area contributed by atoms with Gasteiger partial charge in [0.1, 0.15) is 17.5 Å². The fraction of sp³-hybridized carbons (Fsp3) is 0.455. The molecule has 5 atom stereocenters. The Hall–Kier alpha value is -3.99. The summed E-state index contributed by atoms with van der Waals surface area (Å²) in [6.07, 6.45) is 1.66. The Bertz CT molecular complexity index is 1530. The lowest BCUT2D eigenvalue weighted by atomic mass is 9.48. The highest BCUT2D eigenvalue weighted by Gasteiger charge is 2.75. The molecule has 234 valence electrons. The van der Waals surface area contributed by atoms with Gasteiger partial charge in [0.05, 0.1) is 24.6 Å². The van der Waals surface area contributed by atoms with E-state index in [0.717, 1.165) is 17.7 Å². The predicted octanol–water partition coefficient (Wildman–Crippen LogP) is 5.05. The van der Waals surface area contributed by atoms with Gasteiger partial charge in [0.25, 0.3) is 0 Å². The van der Waals surface area contributed by atoms with Crippen molar-refractivity contribution in [2.45, 2.75) is 68.2 Å². The van der Waals surface area contributed by atoms with E-state index in [1.54, 1.807) is 25.1 Å². The van der Waals surface area contributed by atoms with Crippen molar-refractivity contribution in [3.05, 3.63) is 71.8 Å². The average molecular weight is 613 g/mol. The minimum Gasteiger partial charge on any atom is -0.493 e. The second kappa shape index (κ2) is 10.9. The van der Waals surface area contributed by atoms with E-state index in [-0.39, 0.29) is 29.7 Å². The topological polar surface area (TPSA) is 77.5 Å². The second-order valence-electron chi connectivity index (χ2n) is 11.9. The molecule has 2 aromatic rings. The highest BCUT2D eigenvalue weighted by atomic mass is 19.4. The number of carbonyl (C=O) groups is 2. The molecule has 44 heavy (non-hydrogen) atoms. The van der Waals surface area contributed by atoms with Crippen LogP contribution in [0, 0.1) is 0 Å². The number of rotatable bonds is 8. The van der Waals surface area contributed by atoms with Crippen LogP contribution in [0.5, 0.6) is 17.2 Å². The van der Waals surface area contributed by atoms with Crippen LogP contribution in [-0.4, -0.2) is 79.1 Å². The van der Waals surface area contributed by atoms with Crippen molar-refractivity contribution >= 4 is 18.0 Å². The van der Waals surface area contributed by atoms with Crippen LogP contribution in [0.1, 0.15) is 42.9 Å². The fourth-order valence-corrected chi connectivity index (χ4v) is 8.23. The van der Waals surface area contributed by atoms with Gasteiger partial charge in [0.2, 0.25) is 5.91 Å². The van der Waals surface area contributed by atoms with Gasteiger partial charge in [-0.2, -0.15) is 0 Å². The Morgan fingerprint density at radius 3 is 2.73 bits per heavy atom. The third-order valence-corrected chi connectivity index (χ3v) is 9.75. The van der Waals surface area contributed by atoms with Crippen molar-refractivity contribution < 1.29 is 41.7 Å². The number of alkyl halides is 3. The molecule has 1 amide bonds. The molecule has 1 spiro atoms. The van der Waals surface area contributed by atoms with Crippen molar-refractivity contribution in [1.82, 2.24) is 9.80 Å². The van der Waals surface area contributed by atoms with Gasteiger partial charge in [-0.3, -0.25) is 14.5 Å². The summed E-state index contributed by atoms with van der Waals surface area (Å²) in [6, 6.07) is 8.90. The number of ether oxygens (including phenoxy) is 4. The van der Waals surface area contributed by atoms with Gasteiger partial charge in [-0.15, -0.1) is 19.8 Å². The van der Waals surface area contributed by atoms with Crippen LogP contribution in [0.2, 0.25) is 0 Å². The van der Waals surface area contributed by atoms with E-state index in [0.29, 0.717) is 49.3 Å². The van der Waals surface area contributed by atoms with Gasteiger partial charge < -0.3 is 23.8 Å². The first-order valence-corrected chi connectivity index (χ1v) is 14.7. The number of nitrogens with zero attached hydrogens (tertiary/aromatic N) is 2. The summed E-state index contributed by atoms with van der Waals surface area (Å²) in [5.41, 5.74) is 0.890. The lowest BCUT2D eigenvalue weighted by molar-refractivity contribution is -0.274. The zero-order valence-electron chi connectivity index (χ0n) is 24.9. The minimum atomic E-state index is -4.82. The van der Waals surface area contributed by atoms with Crippen molar-refractivity contribution in [2.75, 3.05) is 27.2 Å². The lowest BCUT2D eigenvalue weighted by Crippen LogP contribution is -2.79. The first-order chi connectivity index (χ1) is 20.9. The Morgan fingerprint density at radius 1 is 1.23 bits per heavy atom. The summed E-state index contributed by atoms with van der Waals surface area (Å²) in [5, 5.41) is 0. The summed E-state index contributed by atoms with van der Waals surface area (Å²) in [7, 11) is 3.29. The smallest absolute Gasteiger partial charge is 0.493 e. The molecular weight excluding hydrogens is 577 g/mol. The van der Waals surface area contributed by atoms with Gasteiger partial charge >= 0.3 is 12.3 Å². The molecule has 4 aliphatic rings. The maximum absolute atomic E-state index is 13.6. The number of hydrogen-bond donors (Lipinski definition) is 0. The molecule has 0 radical (unpaired) electrons. The number of benzene rings is 2. The number of methoxy groups -OCH3 is 1. The molecule has 6 rings (SSSR count). The van der Waals surface area contributed by atoms with Crippen LogP contribution in [0.4, 0.5) is 13.2 Å². The van der Waals surface area contributed by atoms with Crippen LogP contribution in [0.3, 0.4) is 0 Å². The number of piperidine rings is 1. The molecule has 0 aromatic heterocycles. The first-order valence-electron chi connectivity index (χ1n) is 14.7. The zero-order chi connectivity index (χ0) is 31.4.